The maximum Gasteiger partial charge on any atom is 0.233 e. The first-order valence-electron chi connectivity index (χ1n) is 6.48. The van der Waals surface area contributed by atoms with Gasteiger partial charge in [-0.3, -0.25) is 4.79 Å². The lowest BCUT2D eigenvalue weighted by atomic mass is 10.1. The Morgan fingerprint density at radius 1 is 1.20 bits per heavy atom. The summed E-state index contributed by atoms with van der Waals surface area (Å²) < 4.78 is 17.8. The fourth-order valence-electron chi connectivity index (χ4n) is 1.77. The molecule has 2 aromatic rings. The molecule has 20 heavy (non-hydrogen) atoms. The number of halogens is 1. The van der Waals surface area contributed by atoms with Gasteiger partial charge in [-0.15, -0.1) is 0 Å². The molecule has 2 N–H and O–H groups in total. The molecule has 1 aromatic carbocycles. The van der Waals surface area contributed by atoms with E-state index in [4.69, 9.17) is 4.42 Å². The standard InChI is InChI=1S/C15H17FN2O2/c16-13-5-3-12(4-6-13)7-8-18-15(19)11-17-10-14-2-1-9-20-14/h1-6,9,17H,7-8,10-11H2,(H,18,19). The molecule has 0 fully saturated rings. The van der Waals surface area contributed by atoms with Crippen LogP contribution in [0.3, 0.4) is 0 Å². The summed E-state index contributed by atoms with van der Waals surface area (Å²) in [6.07, 6.45) is 2.28. The number of rotatable bonds is 7. The molecule has 5 heteroatoms. The highest BCUT2D eigenvalue weighted by atomic mass is 19.1. The normalized spacial score (nSPS) is 10.4. The van der Waals surface area contributed by atoms with Crippen molar-refractivity contribution in [3.05, 3.63) is 59.8 Å². The molecule has 0 aliphatic heterocycles. The molecule has 0 saturated carbocycles. The van der Waals surface area contributed by atoms with Crippen molar-refractivity contribution in [2.45, 2.75) is 13.0 Å². The molecule has 0 spiro atoms. The molecule has 1 heterocycles. The lowest BCUT2D eigenvalue weighted by molar-refractivity contribution is -0.120. The zero-order chi connectivity index (χ0) is 14.2. The Morgan fingerprint density at radius 3 is 2.70 bits per heavy atom. The van der Waals surface area contributed by atoms with Crippen molar-refractivity contribution in [1.82, 2.24) is 10.6 Å². The predicted molar refractivity (Wildman–Crippen MR) is 73.5 cm³/mol. The molecule has 2 rings (SSSR count). The molecule has 1 aromatic heterocycles. The van der Waals surface area contributed by atoms with E-state index in [2.05, 4.69) is 10.6 Å². The molecular formula is C15H17FN2O2. The molecule has 1 amide bonds. The van der Waals surface area contributed by atoms with Gasteiger partial charge in [-0.2, -0.15) is 0 Å². The lowest BCUT2D eigenvalue weighted by Crippen LogP contribution is -2.34. The topological polar surface area (TPSA) is 54.3 Å². The first-order valence-corrected chi connectivity index (χ1v) is 6.48. The average Bonchev–Trinajstić information content (AvgIpc) is 2.94. The maximum atomic E-state index is 12.7. The number of benzene rings is 1. The summed E-state index contributed by atoms with van der Waals surface area (Å²) in [7, 11) is 0. The van der Waals surface area contributed by atoms with Gasteiger partial charge in [0.2, 0.25) is 5.91 Å². The van der Waals surface area contributed by atoms with Crippen LogP contribution in [0.1, 0.15) is 11.3 Å². The molecular weight excluding hydrogens is 259 g/mol. The van der Waals surface area contributed by atoms with E-state index in [1.54, 1.807) is 24.5 Å². The summed E-state index contributed by atoms with van der Waals surface area (Å²) >= 11 is 0. The van der Waals surface area contributed by atoms with Gasteiger partial charge < -0.3 is 15.1 Å². The Labute approximate surface area is 117 Å². The minimum absolute atomic E-state index is 0.0707. The molecule has 0 bridgehead atoms. The van der Waals surface area contributed by atoms with Crippen LogP contribution in [0.25, 0.3) is 0 Å². The summed E-state index contributed by atoms with van der Waals surface area (Å²) in [5, 5.41) is 5.79. The van der Waals surface area contributed by atoms with Gasteiger partial charge in [0.25, 0.3) is 0 Å². The summed E-state index contributed by atoms with van der Waals surface area (Å²) in [6.45, 7) is 1.30. The molecule has 0 aliphatic rings. The largest absolute Gasteiger partial charge is 0.468 e. The summed E-state index contributed by atoms with van der Waals surface area (Å²) in [5.74, 6) is 0.475. The van der Waals surface area contributed by atoms with Crippen LogP contribution in [0, 0.1) is 5.82 Å². The molecule has 0 aliphatic carbocycles. The Hall–Kier alpha value is -2.14. The zero-order valence-electron chi connectivity index (χ0n) is 11.1. The van der Waals surface area contributed by atoms with E-state index < -0.39 is 0 Å². The van der Waals surface area contributed by atoms with Gasteiger partial charge in [-0.25, -0.2) is 4.39 Å². The fourth-order valence-corrected chi connectivity index (χ4v) is 1.77. The first-order chi connectivity index (χ1) is 9.74. The second-order valence-electron chi connectivity index (χ2n) is 4.41. The highest BCUT2D eigenvalue weighted by Gasteiger charge is 2.01. The highest BCUT2D eigenvalue weighted by Crippen LogP contribution is 2.02. The third-order valence-electron chi connectivity index (χ3n) is 2.81. The van der Waals surface area contributed by atoms with Crippen molar-refractivity contribution in [2.24, 2.45) is 0 Å². The number of carbonyl (C=O) groups is 1. The summed E-state index contributed by atoms with van der Waals surface area (Å²) in [4.78, 5) is 11.6. The Morgan fingerprint density at radius 2 is 2.00 bits per heavy atom. The third-order valence-corrected chi connectivity index (χ3v) is 2.81. The van der Waals surface area contributed by atoms with Crippen LogP contribution in [-0.2, 0) is 17.8 Å². The smallest absolute Gasteiger partial charge is 0.233 e. The van der Waals surface area contributed by atoms with E-state index in [0.29, 0.717) is 19.5 Å². The molecule has 0 atom stereocenters. The van der Waals surface area contributed by atoms with Crippen molar-refractivity contribution >= 4 is 5.91 Å². The van der Waals surface area contributed by atoms with E-state index in [0.717, 1.165) is 11.3 Å². The van der Waals surface area contributed by atoms with E-state index in [1.165, 1.54) is 12.1 Å². The number of hydrogen-bond donors (Lipinski definition) is 2. The van der Waals surface area contributed by atoms with Gasteiger partial charge in [0.1, 0.15) is 11.6 Å². The first kappa shape index (κ1) is 14.3. The predicted octanol–water partition coefficient (Wildman–Crippen LogP) is 1.87. The Bertz CT molecular complexity index is 523. The zero-order valence-corrected chi connectivity index (χ0v) is 11.1. The summed E-state index contributed by atoms with van der Waals surface area (Å²) in [5.41, 5.74) is 0.996. The number of furan rings is 1. The van der Waals surface area contributed by atoms with Crippen LogP contribution >= 0.6 is 0 Å². The Balaban J connectivity index is 1.59. The molecule has 0 radical (unpaired) electrons. The number of amides is 1. The van der Waals surface area contributed by atoms with Gasteiger partial charge in [-0.1, -0.05) is 12.1 Å². The number of nitrogens with one attached hydrogen (secondary N) is 2. The van der Waals surface area contributed by atoms with Crippen LogP contribution in [-0.4, -0.2) is 19.0 Å². The van der Waals surface area contributed by atoms with Crippen LogP contribution in [0.15, 0.2) is 47.1 Å². The molecule has 0 unspecified atom stereocenters. The molecule has 0 saturated heterocycles. The van der Waals surface area contributed by atoms with Crippen molar-refractivity contribution in [3.8, 4) is 0 Å². The van der Waals surface area contributed by atoms with Gasteiger partial charge in [0.05, 0.1) is 19.4 Å². The van der Waals surface area contributed by atoms with Gasteiger partial charge in [-0.05, 0) is 36.2 Å². The van der Waals surface area contributed by atoms with Crippen molar-refractivity contribution in [2.75, 3.05) is 13.1 Å². The summed E-state index contributed by atoms with van der Waals surface area (Å²) in [6, 6.07) is 9.93. The van der Waals surface area contributed by atoms with Gasteiger partial charge >= 0.3 is 0 Å². The minimum Gasteiger partial charge on any atom is -0.468 e. The quantitative estimate of drug-likeness (QED) is 0.811. The SMILES string of the molecule is O=C(CNCc1ccco1)NCCc1ccc(F)cc1. The van der Waals surface area contributed by atoms with Crippen molar-refractivity contribution in [1.29, 1.82) is 0 Å². The second kappa shape index (κ2) is 7.45. The fraction of sp³-hybridized carbons (Fsp3) is 0.267. The molecule has 106 valence electrons. The average molecular weight is 276 g/mol. The minimum atomic E-state index is -0.250. The van der Waals surface area contributed by atoms with Gasteiger partial charge in [0.15, 0.2) is 0 Å². The van der Waals surface area contributed by atoms with Crippen LogP contribution in [0.5, 0.6) is 0 Å². The lowest BCUT2D eigenvalue weighted by Gasteiger charge is -2.06. The monoisotopic (exact) mass is 276 g/mol. The number of carbonyl (C=O) groups excluding carboxylic acids is 1. The van der Waals surface area contributed by atoms with E-state index >= 15 is 0 Å². The van der Waals surface area contributed by atoms with Crippen LogP contribution in [0.4, 0.5) is 4.39 Å². The van der Waals surface area contributed by atoms with Crippen molar-refractivity contribution in [3.63, 3.8) is 0 Å². The Kier molecular flexibility index (Phi) is 5.32. The second-order valence-corrected chi connectivity index (χ2v) is 4.41. The number of hydrogen-bond acceptors (Lipinski definition) is 3. The van der Waals surface area contributed by atoms with E-state index in [1.807, 2.05) is 6.07 Å². The van der Waals surface area contributed by atoms with E-state index in [-0.39, 0.29) is 18.3 Å². The van der Waals surface area contributed by atoms with Crippen LogP contribution in [0.2, 0.25) is 0 Å². The molecule has 4 nitrogen and oxygen atoms in total. The van der Waals surface area contributed by atoms with E-state index in [9.17, 15) is 9.18 Å². The maximum absolute atomic E-state index is 12.7. The van der Waals surface area contributed by atoms with Crippen LogP contribution < -0.4 is 10.6 Å². The van der Waals surface area contributed by atoms with Crippen molar-refractivity contribution < 1.29 is 13.6 Å². The highest BCUT2D eigenvalue weighted by molar-refractivity contribution is 5.77. The van der Waals surface area contributed by atoms with Gasteiger partial charge in [0, 0.05) is 6.54 Å². The third kappa shape index (κ3) is 4.85.